The lowest BCUT2D eigenvalue weighted by molar-refractivity contribution is -0.139. The molecule has 0 spiro atoms. The first-order chi connectivity index (χ1) is 8.63. The van der Waals surface area contributed by atoms with Gasteiger partial charge in [-0.2, -0.15) is 0 Å². The van der Waals surface area contributed by atoms with Gasteiger partial charge < -0.3 is 15.1 Å². The Morgan fingerprint density at radius 2 is 2.39 bits per heavy atom. The third-order valence-corrected chi connectivity index (χ3v) is 3.74. The number of carbonyl (C=O) groups is 2. The number of nitrogens with one attached hydrogen (secondary N) is 1. The molecular formula is C12H12BBrNO3. The number of rotatable bonds is 5. The Labute approximate surface area is 114 Å². The highest BCUT2D eigenvalue weighted by Gasteiger charge is 2.33. The van der Waals surface area contributed by atoms with E-state index in [2.05, 4.69) is 21.2 Å². The summed E-state index contributed by atoms with van der Waals surface area (Å²) in [5, 5.41) is 11.9. The summed E-state index contributed by atoms with van der Waals surface area (Å²) in [4.78, 5) is 21.6. The fourth-order valence-electron chi connectivity index (χ4n) is 2.45. The van der Waals surface area contributed by atoms with E-state index in [1.54, 1.807) is 0 Å². The summed E-state index contributed by atoms with van der Waals surface area (Å²) < 4.78 is 0.941. The minimum absolute atomic E-state index is 0.105. The molecule has 2 atom stereocenters. The Kier molecular flexibility index (Phi) is 4.19. The fraction of sp³-hybridized carbons (Fsp3) is 0.333. The summed E-state index contributed by atoms with van der Waals surface area (Å²) in [6.45, 7) is 0. The molecule has 2 N–H and O–H groups in total. The monoisotopic (exact) mass is 308 g/mol. The van der Waals surface area contributed by atoms with E-state index in [1.165, 1.54) is 5.56 Å². The first kappa shape index (κ1) is 13.3. The van der Waals surface area contributed by atoms with Gasteiger partial charge >= 0.3 is 5.97 Å². The van der Waals surface area contributed by atoms with Crippen molar-refractivity contribution in [1.82, 2.24) is 5.23 Å². The van der Waals surface area contributed by atoms with E-state index in [9.17, 15) is 14.7 Å². The number of aryl methyl sites for hydroxylation is 1. The zero-order chi connectivity index (χ0) is 13.1. The van der Waals surface area contributed by atoms with Crippen LogP contribution in [0.3, 0.4) is 0 Å². The number of carbonyl (C=O) groups excluding carboxylic acids is 1. The van der Waals surface area contributed by atoms with Crippen LogP contribution in [0, 0.1) is 0 Å². The number of fused-ring (bicyclic) bond motifs is 1. The second-order valence-corrected chi connectivity index (χ2v) is 5.19. The molecule has 0 fully saturated rings. The van der Waals surface area contributed by atoms with Gasteiger partial charge in [0.05, 0.1) is 6.19 Å². The molecule has 6 heteroatoms. The quantitative estimate of drug-likeness (QED) is 0.636. The molecule has 0 unspecified atom stereocenters. The molecular weight excluding hydrogens is 297 g/mol. The third kappa shape index (κ3) is 2.65. The molecule has 1 aliphatic rings. The number of aliphatic carboxylic acids is 1. The minimum atomic E-state index is -0.939. The molecule has 0 saturated heterocycles. The van der Waals surface area contributed by atoms with E-state index in [0.717, 1.165) is 30.3 Å². The number of benzene rings is 1. The second kappa shape index (κ2) is 5.67. The maximum atomic E-state index is 11.3. The summed E-state index contributed by atoms with van der Waals surface area (Å²) >= 11 is 3.40. The lowest BCUT2D eigenvalue weighted by Gasteiger charge is -2.21. The summed E-state index contributed by atoms with van der Waals surface area (Å²) in [7, 11) is 1.15. The Bertz CT molecular complexity index is 480. The molecule has 1 radical (unpaired) electrons. The molecule has 4 nitrogen and oxygen atoms in total. The maximum absolute atomic E-state index is 11.3. The number of carboxylic acids is 1. The van der Waals surface area contributed by atoms with Crippen LogP contribution in [0.5, 0.6) is 0 Å². The Morgan fingerprint density at radius 3 is 3.06 bits per heavy atom. The Balaban J connectivity index is 2.26. The van der Waals surface area contributed by atoms with Crippen molar-refractivity contribution in [3.05, 3.63) is 33.8 Å². The van der Waals surface area contributed by atoms with Gasteiger partial charge in [-0.05, 0) is 36.1 Å². The van der Waals surface area contributed by atoms with Crippen LogP contribution in [-0.2, 0) is 16.0 Å². The van der Waals surface area contributed by atoms with Crippen molar-refractivity contribution in [2.24, 2.45) is 0 Å². The molecule has 0 aromatic heterocycles. The van der Waals surface area contributed by atoms with Gasteiger partial charge in [-0.3, -0.25) is 4.79 Å². The van der Waals surface area contributed by atoms with Crippen molar-refractivity contribution < 1.29 is 14.7 Å². The number of hydrogen-bond acceptors (Lipinski definition) is 3. The first-order valence-corrected chi connectivity index (χ1v) is 6.47. The van der Waals surface area contributed by atoms with Crippen molar-refractivity contribution in [3.63, 3.8) is 0 Å². The molecule has 1 aliphatic carbocycles. The minimum Gasteiger partial charge on any atom is -0.480 e. The smallest absolute Gasteiger partial charge is 0.320 e. The zero-order valence-electron chi connectivity index (χ0n) is 9.60. The predicted octanol–water partition coefficient (Wildman–Crippen LogP) is 1.33. The van der Waals surface area contributed by atoms with Gasteiger partial charge in [-0.15, -0.1) is 0 Å². The van der Waals surface area contributed by atoms with Gasteiger partial charge in [-0.1, -0.05) is 22.0 Å². The fourth-order valence-corrected chi connectivity index (χ4v) is 2.83. The van der Waals surface area contributed by atoms with Crippen molar-refractivity contribution in [3.8, 4) is 0 Å². The van der Waals surface area contributed by atoms with Crippen LogP contribution < -0.4 is 5.23 Å². The second-order valence-electron chi connectivity index (χ2n) is 4.27. The van der Waals surface area contributed by atoms with E-state index in [4.69, 9.17) is 0 Å². The highest BCUT2D eigenvalue weighted by molar-refractivity contribution is 9.10. The highest BCUT2D eigenvalue weighted by atomic mass is 79.9. The van der Waals surface area contributed by atoms with Crippen LogP contribution in [0.15, 0.2) is 22.7 Å². The molecule has 18 heavy (non-hydrogen) atoms. The first-order valence-electron chi connectivity index (χ1n) is 5.67. The molecule has 2 rings (SSSR count). The van der Waals surface area contributed by atoms with E-state index < -0.39 is 12.0 Å². The molecule has 0 heterocycles. The van der Waals surface area contributed by atoms with E-state index in [-0.39, 0.29) is 5.92 Å². The molecule has 1 aromatic carbocycles. The van der Waals surface area contributed by atoms with E-state index >= 15 is 0 Å². The van der Waals surface area contributed by atoms with E-state index in [1.807, 2.05) is 18.2 Å². The molecule has 0 saturated carbocycles. The van der Waals surface area contributed by atoms with Crippen molar-refractivity contribution in [2.75, 3.05) is 0 Å². The summed E-state index contributed by atoms with van der Waals surface area (Å²) in [5.74, 6) is -1.04. The molecule has 1 aromatic rings. The van der Waals surface area contributed by atoms with Crippen LogP contribution in [0.2, 0.25) is 0 Å². The molecule has 0 bridgehead atoms. The predicted molar refractivity (Wildman–Crippen MR) is 72.3 cm³/mol. The number of hydrogen-bond donors (Lipinski definition) is 2. The van der Waals surface area contributed by atoms with Crippen LogP contribution in [0.25, 0.3) is 0 Å². The summed E-state index contributed by atoms with van der Waals surface area (Å²) in [5.41, 5.74) is 2.23. The molecule has 93 valence electrons. The largest absolute Gasteiger partial charge is 0.480 e. The van der Waals surface area contributed by atoms with Gasteiger partial charge in [0.1, 0.15) is 6.04 Å². The summed E-state index contributed by atoms with van der Waals surface area (Å²) in [6, 6.07) is 5.18. The van der Waals surface area contributed by atoms with Gasteiger partial charge in [0.25, 0.3) is 7.41 Å². The SMILES string of the molecule is O=C[B]N[C@H](C(=O)O)[C@H]1CCc2ccc(Br)cc21. The lowest BCUT2D eigenvalue weighted by atomic mass is 9.87. The van der Waals surface area contributed by atoms with Gasteiger partial charge in [-0.25, -0.2) is 0 Å². The standard InChI is InChI=1S/C12H12BBrNO3/c14-8-3-1-7-2-4-9(10(7)5-8)11(12(17)18)15-13-6-16/h1,3,5-6,9,11,15H,2,4H2,(H,17,18)/t9-,11-/m0/s1. The van der Waals surface area contributed by atoms with E-state index in [0.29, 0.717) is 6.19 Å². The molecule has 0 amide bonds. The third-order valence-electron chi connectivity index (χ3n) is 3.24. The highest BCUT2D eigenvalue weighted by Crippen LogP contribution is 2.37. The Morgan fingerprint density at radius 1 is 1.61 bits per heavy atom. The van der Waals surface area contributed by atoms with Crippen LogP contribution in [0.1, 0.15) is 23.5 Å². The van der Waals surface area contributed by atoms with Gasteiger partial charge in [0.15, 0.2) is 0 Å². The van der Waals surface area contributed by atoms with Crippen LogP contribution >= 0.6 is 15.9 Å². The van der Waals surface area contributed by atoms with Crippen molar-refractivity contribution in [2.45, 2.75) is 24.8 Å². The molecule has 0 aliphatic heterocycles. The maximum Gasteiger partial charge on any atom is 0.320 e. The number of carboxylic acid groups (broad SMARTS) is 1. The average molecular weight is 309 g/mol. The topological polar surface area (TPSA) is 66.4 Å². The lowest BCUT2D eigenvalue weighted by Crippen LogP contribution is -2.43. The van der Waals surface area contributed by atoms with Crippen molar-refractivity contribution in [1.29, 1.82) is 0 Å². The zero-order valence-corrected chi connectivity index (χ0v) is 11.2. The summed E-state index contributed by atoms with van der Waals surface area (Å²) in [6.07, 6.45) is 2.22. The van der Waals surface area contributed by atoms with Crippen LogP contribution in [-0.4, -0.2) is 30.7 Å². The van der Waals surface area contributed by atoms with Gasteiger partial charge in [0.2, 0.25) is 0 Å². The van der Waals surface area contributed by atoms with Gasteiger partial charge in [0, 0.05) is 10.4 Å². The van der Waals surface area contributed by atoms with Crippen molar-refractivity contribution >= 4 is 35.5 Å². The average Bonchev–Trinajstić information content (AvgIpc) is 2.72. The number of halogens is 1. The normalized spacial score (nSPS) is 19.1. The van der Waals surface area contributed by atoms with Crippen LogP contribution in [0.4, 0.5) is 0 Å². The Hall–Kier alpha value is -1.14.